The predicted molar refractivity (Wildman–Crippen MR) is 110 cm³/mol. The lowest BCUT2D eigenvalue weighted by atomic mass is 9.87. The summed E-state index contributed by atoms with van der Waals surface area (Å²) in [7, 11) is 0. The highest BCUT2D eigenvalue weighted by atomic mass is 35.5. The van der Waals surface area contributed by atoms with Crippen LogP contribution in [0.3, 0.4) is 0 Å². The Morgan fingerprint density at radius 1 is 1.14 bits per heavy atom. The average molecular weight is 409 g/mol. The normalized spacial score (nSPS) is 15.2. The second-order valence-electron chi connectivity index (χ2n) is 8.51. The maximum absolute atomic E-state index is 13.1. The molecule has 6 nitrogen and oxygen atoms in total. The molecule has 0 aliphatic heterocycles. The maximum Gasteiger partial charge on any atom is 0.408 e. The smallest absolute Gasteiger partial charge is 0.408 e. The number of alkyl carbamates (subject to hydrolysis) is 1. The Morgan fingerprint density at radius 3 is 2.36 bits per heavy atom. The summed E-state index contributed by atoms with van der Waals surface area (Å²) < 4.78 is 11.0. The molecule has 0 saturated carbocycles. The number of amides is 2. The van der Waals surface area contributed by atoms with Crippen LogP contribution in [0, 0.1) is 5.92 Å². The van der Waals surface area contributed by atoms with Gasteiger partial charge < -0.3 is 19.8 Å². The van der Waals surface area contributed by atoms with Crippen LogP contribution >= 0.6 is 11.6 Å². The molecule has 2 amide bonds. The van der Waals surface area contributed by atoms with Crippen molar-refractivity contribution in [2.75, 3.05) is 0 Å². The molecule has 0 aliphatic carbocycles. The van der Waals surface area contributed by atoms with E-state index < -0.39 is 23.3 Å². The number of rotatable bonds is 5. The first kappa shape index (κ1) is 22.1. The van der Waals surface area contributed by atoms with E-state index in [0.717, 1.165) is 10.8 Å². The number of carbonyl (C=O) groups excluding carboxylic acids is 2. The molecule has 28 heavy (non-hydrogen) atoms. The molecule has 0 saturated heterocycles. The molecule has 2 rings (SSSR count). The van der Waals surface area contributed by atoms with Crippen molar-refractivity contribution < 1.29 is 18.7 Å². The van der Waals surface area contributed by atoms with Gasteiger partial charge in [-0.3, -0.25) is 4.79 Å². The molecule has 0 bridgehead atoms. The summed E-state index contributed by atoms with van der Waals surface area (Å²) in [6, 6.07) is 5.05. The van der Waals surface area contributed by atoms with Gasteiger partial charge in [-0.2, -0.15) is 0 Å². The average Bonchev–Trinajstić information content (AvgIpc) is 2.95. The Hall–Kier alpha value is -2.21. The van der Waals surface area contributed by atoms with Crippen LogP contribution in [0.25, 0.3) is 10.8 Å². The molecular formula is C21H29ClN2O4. The van der Waals surface area contributed by atoms with Crippen LogP contribution < -0.4 is 10.6 Å². The zero-order chi connectivity index (χ0) is 21.3. The number of carbonyl (C=O) groups is 2. The molecule has 0 spiro atoms. The predicted octanol–water partition coefficient (Wildman–Crippen LogP) is 5.20. The van der Waals surface area contributed by atoms with Crippen LogP contribution in [-0.2, 0) is 9.53 Å². The first-order valence-electron chi connectivity index (χ1n) is 9.32. The van der Waals surface area contributed by atoms with Gasteiger partial charge in [-0.25, -0.2) is 4.79 Å². The van der Waals surface area contributed by atoms with E-state index in [1.54, 1.807) is 46.1 Å². The van der Waals surface area contributed by atoms with Crippen molar-refractivity contribution in [1.82, 2.24) is 10.6 Å². The minimum atomic E-state index is -1.15. The zero-order valence-electron chi connectivity index (χ0n) is 17.5. The summed E-state index contributed by atoms with van der Waals surface area (Å²) in [5.74, 6) is 0.141. The first-order valence-corrected chi connectivity index (χ1v) is 9.70. The van der Waals surface area contributed by atoms with Crippen molar-refractivity contribution in [3.05, 3.63) is 35.2 Å². The molecule has 154 valence electrons. The molecule has 1 heterocycles. The lowest BCUT2D eigenvalue weighted by Crippen LogP contribution is -2.60. The summed E-state index contributed by atoms with van der Waals surface area (Å²) >= 11 is 6.02. The number of ether oxygens (including phenoxy) is 1. The van der Waals surface area contributed by atoms with E-state index in [4.69, 9.17) is 20.8 Å². The van der Waals surface area contributed by atoms with Crippen molar-refractivity contribution in [3.63, 3.8) is 0 Å². The van der Waals surface area contributed by atoms with Crippen molar-refractivity contribution in [3.8, 4) is 0 Å². The largest absolute Gasteiger partial charge is 0.466 e. The third-order valence-corrected chi connectivity index (χ3v) is 4.95. The van der Waals surface area contributed by atoms with Crippen molar-refractivity contribution >= 4 is 34.4 Å². The Labute approximate surface area is 170 Å². The number of benzene rings is 1. The zero-order valence-corrected chi connectivity index (χ0v) is 18.2. The number of furan rings is 1. The summed E-state index contributed by atoms with van der Waals surface area (Å²) in [5.41, 5.74) is -1.80. The molecule has 1 aromatic heterocycles. The van der Waals surface area contributed by atoms with Crippen LogP contribution in [0.5, 0.6) is 0 Å². The van der Waals surface area contributed by atoms with E-state index >= 15 is 0 Å². The van der Waals surface area contributed by atoms with Crippen molar-refractivity contribution in [1.29, 1.82) is 0 Å². The Morgan fingerprint density at radius 2 is 1.79 bits per heavy atom. The quantitative estimate of drug-likeness (QED) is 0.712. The second-order valence-corrected chi connectivity index (χ2v) is 8.95. The molecule has 0 radical (unpaired) electrons. The van der Waals surface area contributed by atoms with Gasteiger partial charge in [0.1, 0.15) is 16.9 Å². The van der Waals surface area contributed by atoms with Gasteiger partial charge in [0.15, 0.2) is 0 Å². The highest BCUT2D eigenvalue weighted by molar-refractivity contribution is 6.31. The fourth-order valence-corrected chi connectivity index (χ4v) is 2.95. The van der Waals surface area contributed by atoms with Crippen molar-refractivity contribution in [2.45, 2.75) is 65.6 Å². The SMILES string of the molecule is CC(NC(=O)C(C)(NC(=O)OC(C)(C)C)C(C)C)c1occ2cc(Cl)ccc12. The van der Waals surface area contributed by atoms with Crippen molar-refractivity contribution in [2.24, 2.45) is 5.92 Å². The van der Waals surface area contributed by atoms with E-state index in [-0.39, 0.29) is 11.8 Å². The molecule has 0 aliphatic rings. The molecule has 2 unspecified atom stereocenters. The molecule has 2 N–H and O–H groups in total. The fourth-order valence-electron chi connectivity index (χ4n) is 2.77. The van der Waals surface area contributed by atoms with Crippen LogP contribution in [0.1, 0.15) is 60.3 Å². The van der Waals surface area contributed by atoms with Gasteiger partial charge in [-0.15, -0.1) is 0 Å². The number of nitrogens with one attached hydrogen (secondary N) is 2. The monoisotopic (exact) mass is 408 g/mol. The molecule has 1 aromatic carbocycles. The van der Waals surface area contributed by atoms with E-state index in [1.807, 2.05) is 26.8 Å². The van der Waals surface area contributed by atoms with Gasteiger partial charge in [0.05, 0.1) is 12.3 Å². The first-order chi connectivity index (χ1) is 12.8. The molecule has 2 aromatic rings. The maximum atomic E-state index is 13.1. The van der Waals surface area contributed by atoms with Gasteiger partial charge >= 0.3 is 6.09 Å². The topological polar surface area (TPSA) is 80.6 Å². The standard InChI is InChI=1S/C21H29ClN2O4/c1-12(2)21(7,24-19(26)28-20(4,5)6)18(25)23-13(3)17-16-9-8-15(22)10-14(16)11-27-17/h8-13H,1-7H3,(H,23,25)(H,24,26). The van der Waals surface area contributed by atoms with Crippen LogP contribution in [0.4, 0.5) is 4.79 Å². The summed E-state index contributed by atoms with van der Waals surface area (Å²) in [5, 5.41) is 8.02. The number of hydrogen-bond acceptors (Lipinski definition) is 4. The lowest BCUT2D eigenvalue weighted by molar-refractivity contribution is -0.129. The van der Waals surface area contributed by atoms with Crippen LogP contribution in [-0.4, -0.2) is 23.1 Å². The fraction of sp³-hybridized carbons (Fsp3) is 0.524. The number of halogens is 1. The third kappa shape index (κ3) is 4.98. The minimum absolute atomic E-state index is 0.167. The molecule has 2 atom stereocenters. The Kier molecular flexibility index (Phi) is 6.34. The molecular weight excluding hydrogens is 380 g/mol. The minimum Gasteiger partial charge on any atom is -0.466 e. The van der Waals surface area contributed by atoms with Gasteiger partial charge in [-0.1, -0.05) is 25.4 Å². The highest BCUT2D eigenvalue weighted by Crippen LogP contribution is 2.29. The van der Waals surface area contributed by atoms with Gasteiger partial charge in [0.25, 0.3) is 0 Å². The summed E-state index contributed by atoms with van der Waals surface area (Å²) in [4.78, 5) is 25.3. The Balaban J connectivity index is 2.19. The van der Waals surface area contributed by atoms with E-state index in [2.05, 4.69) is 10.6 Å². The van der Waals surface area contributed by atoms with Gasteiger partial charge in [0.2, 0.25) is 5.91 Å². The molecule has 0 fully saturated rings. The van der Waals surface area contributed by atoms with E-state index in [1.165, 1.54) is 0 Å². The summed E-state index contributed by atoms with van der Waals surface area (Å²) in [6.07, 6.45) is 0.976. The summed E-state index contributed by atoms with van der Waals surface area (Å²) in [6.45, 7) is 12.6. The Bertz CT molecular complexity index is 869. The highest BCUT2D eigenvalue weighted by Gasteiger charge is 2.40. The lowest BCUT2D eigenvalue weighted by Gasteiger charge is -2.34. The number of fused-ring (bicyclic) bond motifs is 1. The number of hydrogen-bond donors (Lipinski definition) is 2. The van der Waals surface area contributed by atoms with Gasteiger partial charge in [0, 0.05) is 15.8 Å². The van der Waals surface area contributed by atoms with E-state index in [0.29, 0.717) is 10.8 Å². The van der Waals surface area contributed by atoms with Crippen LogP contribution in [0.15, 0.2) is 28.9 Å². The van der Waals surface area contributed by atoms with Crippen LogP contribution in [0.2, 0.25) is 5.02 Å². The third-order valence-electron chi connectivity index (χ3n) is 4.72. The van der Waals surface area contributed by atoms with E-state index in [9.17, 15) is 9.59 Å². The van der Waals surface area contributed by atoms with Gasteiger partial charge in [-0.05, 0) is 58.7 Å². The second kappa shape index (κ2) is 8.03. The molecule has 7 heteroatoms.